The number of rotatable bonds is 17. The van der Waals surface area contributed by atoms with Crippen molar-refractivity contribution in [3.63, 3.8) is 0 Å². The molecule has 0 aromatic heterocycles. The molecule has 0 radical (unpaired) electrons. The number of aliphatic hydroxyl groups is 2. The average molecular weight is 769 g/mol. The summed E-state index contributed by atoms with van der Waals surface area (Å²) in [6.45, 7) is 11.6. The Balaban J connectivity index is -0.000000461. The number of hydrogen-bond acceptors (Lipinski definition) is 13. The maximum Gasteiger partial charge on any atom is 0.407 e. The van der Waals surface area contributed by atoms with E-state index in [0.717, 1.165) is 12.7 Å². The molecule has 2 unspecified atom stereocenters. The Morgan fingerprint density at radius 1 is 0.698 bits per heavy atom. The van der Waals surface area contributed by atoms with Gasteiger partial charge in [0.15, 0.2) is 12.2 Å². The van der Waals surface area contributed by atoms with Crippen molar-refractivity contribution >= 4 is 30.2 Å². The molecule has 0 aliphatic rings. The fourth-order valence-corrected chi connectivity index (χ4v) is 3.97. The third-order valence-electron chi connectivity index (χ3n) is 6.43. The lowest BCUT2D eigenvalue weighted by Gasteiger charge is -2.22. The van der Waals surface area contributed by atoms with Crippen molar-refractivity contribution in [2.24, 2.45) is 5.73 Å². The van der Waals surface area contributed by atoms with E-state index in [1.54, 1.807) is 41.5 Å². The van der Waals surface area contributed by atoms with Gasteiger partial charge in [0.05, 0.1) is 20.3 Å². The summed E-state index contributed by atoms with van der Waals surface area (Å²) >= 11 is 0. The Kier molecular flexibility index (Phi) is 30.6. The third kappa shape index (κ3) is 28.9. The Morgan fingerprint density at radius 2 is 1.13 bits per heavy atom. The first-order valence-electron chi connectivity index (χ1n) is 16.5. The van der Waals surface area contributed by atoms with Crippen LogP contribution in [-0.4, -0.2) is 103 Å². The molecule has 1 rings (SSSR count). The molecule has 0 bridgehead atoms. The number of benzene rings is 1. The number of unbranched alkanes of at least 4 members (excludes halogenated alkanes) is 2. The smallest absolute Gasteiger partial charge is 0.407 e. The molecule has 1 aromatic carbocycles. The monoisotopic (exact) mass is 768 g/mol. The lowest BCUT2D eigenvalue weighted by Crippen LogP contribution is -3.00. The van der Waals surface area contributed by atoms with Gasteiger partial charge in [-0.1, -0.05) is 44.2 Å². The second-order valence-electron chi connectivity index (χ2n) is 13.3. The molecule has 0 saturated carbocycles. The number of hydrogen-bond donors (Lipinski definition) is 6. The fourth-order valence-electron chi connectivity index (χ4n) is 3.97. The van der Waals surface area contributed by atoms with Crippen molar-refractivity contribution in [2.45, 2.75) is 130 Å². The Bertz CT molecular complexity index is 1170. The van der Waals surface area contributed by atoms with Gasteiger partial charge in [-0.15, -0.1) is 0 Å². The average Bonchev–Trinajstić information content (AvgIpc) is 3.04. The van der Waals surface area contributed by atoms with E-state index in [2.05, 4.69) is 25.4 Å². The van der Waals surface area contributed by atoms with Gasteiger partial charge < -0.3 is 65.0 Å². The van der Waals surface area contributed by atoms with E-state index in [-0.39, 0.29) is 29.9 Å². The van der Waals surface area contributed by atoms with Gasteiger partial charge in [0, 0.05) is 19.1 Å². The summed E-state index contributed by atoms with van der Waals surface area (Å²) in [4.78, 5) is 57.8. The van der Waals surface area contributed by atoms with E-state index in [0.29, 0.717) is 45.2 Å². The first-order chi connectivity index (χ1) is 23.3. The summed E-state index contributed by atoms with van der Waals surface area (Å²) in [5, 5.41) is 27.4. The molecule has 53 heavy (non-hydrogen) atoms. The van der Waals surface area contributed by atoms with Gasteiger partial charge in [-0.3, -0.25) is 0 Å². The van der Waals surface area contributed by atoms with Crippen molar-refractivity contribution in [3.8, 4) is 0 Å². The Hall–Kier alpha value is -4.29. The minimum atomic E-state index is -1.53. The summed E-state index contributed by atoms with van der Waals surface area (Å²) in [7, 11) is 2.35. The van der Waals surface area contributed by atoms with Crippen LogP contribution < -0.4 is 31.1 Å². The number of carbonyl (C=O) groups is 5. The molecule has 0 aliphatic carbocycles. The van der Waals surface area contributed by atoms with Crippen LogP contribution in [0.25, 0.3) is 0 Å². The summed E-state index contributed by atoms with van der Waals surface area (Å²) in [6, 6.07) is 7.57. The second-order valence-corrected chi connectivity index (χ2v) is 13.3. The second kappa shape index (κ2) is 29.2. The molecular formula is C35H62F2N4O12-2. The van der Waals surface area contributed by atoms with Crippen LogP contribution in [0, 0.1) is 0 Å². The van der Waals surface area contributed by atoms with Crippen LogP contribution >= 0.6 is 0 Å². The third-order valence-corrected chi connectivity index (χ3v) is 6.43. The number of carbonyl (C=O) groups excluding carboxylic acids is 5. The van der Waals surface area contributed by atoms with Crippen molar-refractivity contribution < 1.29 is 67.3 Å². The van der Waals surface area contributed by atoms with Gasteiger partial charge >= 0.3 is 30.2 Å². The molecule has 0 heterocycles. The lowest BCUT2D eigenvalue weighted by atomic mass is 10.0. The summed E-state index contributed by atoms with van der Waals surface area (Å²) in [6.07, 6.45) is -1.38. The maximum atomic E-state index is 12.1. The van der Waals surface area contributed by atoms with E-state index in [4.69, 9.17) is 19.9 Å². The van der Waals surface area contributed by atoms with Crippen LogP contribution in [-0.2, 0) is 39.9 Å². The van der Waals surface area contributed by atoms with Crippen LogP contribution in [0.2, 0.25) is 0 Å². The van der Waals surface area contributed by atoms with Gasteiger partial charge in [0.2, 0.25) is 0 Å². The zero-order chi connectivity index (χ0) is 38.3. The zero-order valence-corrected chi connectivity index (χ0v) is 31.4. The first kappa shape index (κ1) is 55.5. The first-order valence-corrected chi connectivity index (χ1v) is 16.5. The minimum absolute atomic E-state index is 0. The van der Waals surface area contributed by atoms with E-state index in [9.17, 15) is 34.2 Å². The van der Waals surface area contributed by atoms with E-state index >= 15 is 0 Å². The number of ether oxygens (including phenoxy) is 5. The van der Waals surface area contributed by atoms with E-state index in [1.165, 1.54) is 7.11 Å². The minimum Gasteiger partial charge on any atom is -1.00 e. The van der Waals surface area contributed by atoms with Crippen molar-refractivity contribution in [1.82, 2.24) is 16.0 Å². The summed E-state index contributed by atoms with van der Waals surface area (Å²) in [5.74, 6) is -1.58. The van der Waals surface area contributed by atoms with Crippen LogP contribution in [0.1, 0.15) is 93.1 Å². The number of nitrogens with one attached hydrogen (secondary N) is 3. The highest BCUT2D eigenvalue weighted by molar-refractivity contribution is 5.77. The molecule has 18 heteroatoms. The molecule has 4 atom stereocenters. The highest BCUT2D eigenvalue weighted by Gasteiger charge is 2.29. The van der Waals surface area contributed by atoms with Gasteiger partial charge in [0.1, 0.15) is 17.8 Å². The molecule has 0 spiro atoms. The number of alkyl carbamates (subject to hydrolysis) is 3. The zero-order valence-electron chi connectivity index (χ0n) is 31.4. The van der Waals surface area contributed by atoms with Gasteiger partial charge in [-0.25, -0.2) is 24.0 Å². The quantitative estimate of drug-likeness (QED) is 0.0557. The predicted molar refractivity (Wildman–Crippen MR) is 190 cm³/mol. The Morgan fingerprint density at radius 3 is 1.57 bits per heavy atom. The molecule has 310 valence electrons. The maximum absolute atomic E-state index is 12.1. The van der Waals surface area contributed by atoms with E-state index < -0.39 is 65.7 Å². The molecule has 7 N–H and O–H groups in total. The van der Waals surface area contributed by atoms with Crippen LogP contribution in [0.5, 0.6) is 0 Å². The van der Waals surface area contributed by atoms with Gasteiger partial charge in [-0.2, -0.15) is 0 Å². The highest BCUT2D eigenvalue weighted by Crippen LogP contribution is 2.10. The van der Waals surface area contributed by atoms with E-state index in [1.807, 2.05) is 30.3 Å². The normalized spacial score (nSPS) is 12.7. The molecule has 0 fully saturated rings. The topological polar surface area (TPSA) is 234 Å². The number of amides is 3. The lowest BCUT2D eigenvalue weighted by molar-refractivity contribution is -0.152. The molecule has 3 amide bonds. The predicted octanol–water partition coefficient (Wildman–Crippen LogP) is -2.30. The molecule has 0 aliphatic heterocycles. The summed E-state index contributed by atoms with van der Waals surface area (Å²) < 4.78 is 24.3. The number of methoxy groups -OCH3 is 2. The summed E-state index contributed by atoms with van der Waals surface area (Å²) in [5.41, 5.74) is 5.37. The Labute approximate surface area is 311 Å². The van der Waals surface area contributed by atoms with Gasteiger partial charge in [-0.05, 0) is 79.2 Å². The molecule has 0 saturated heterocycles. The molecule has 1 aromatic rings. The molecular weight excluding hydrogens is 706 g/mol. The van der Waals surface area contributed by atoms with Crippen LogP contribution in [0.3, 0.4) is 0 Å². The fraction of sp³-hybridized carbons (Fsp3) is 0.686. The van der Waals surface area contributed by atoms with Crippen molar-refractivity contribution in [2.75, 3.05) is 27.3 Å². The number of esters is 2. The van der Waals surface area contributed by atoms with Crippen molar-refractivity contribution in [1.29, 1.82) is 0 Å². The van der Waals surface area contributed by atoms with Crippen LogP contribution in [0.4, 0.5) is 14.4 Å². The van der Waals surface area contributed by atoms with Gasteiger partial charge in [0.25, 0.3) is 0 Å². The highest BCUT2D eigenvalue weighted by atomic mass is 19.0. The number of aliphatic hydroxyl groups excluding tert-OH is 2. The van der Waals surface area contributed by atoms with Crippen LogP contribution in [0.15, 0.2) is 30.3 Å². The number of nitrogens with two attached hydrogens (primary N) is 1. The standard InChI is InChI=1S/C21H32N2O7.C13H26N2O5.CH4.2FH/c1-21(2,3)30-19(26)22-13-9-8-12-16(17(24)18(25)28-4)23-20(27)29-14-15-10-6-5-7-11-15;1-13(2,3)20-12(18)15-8-6-5-7-9(14)10(16)11(17)19-4;;;/h5-7,10-11,16-17,24H,8-9,12-14H2,1-4H3,(H,22,26)(H,23,27);9-10,16H,5-8,14H2,1-4H3,(H,15,18);1H4;2*1H/p-2/t16-,17?;9-,10?;;;/m00.../s1. The molecule has 16 nitrogen and oxygen atoms in total. The SMILES string of the molecule is C.COC(=O)C(O)[C@@H](N)CCCCNC(=O)OC(C)(C)C.COC(=O)C(O)[C@H](CCCCNC(=O)OC(C)(C)C)NC(=O)OCc1ccccc1.[F-].[F-]. The largest absolute Gasteiger partial charge is 1.00 e. The number of halogens is 2. The van der Waals surface area contributed by atoms with Crippen molar-refractivity contribution in [3.05, 3.63) is 35.9 Å².